The zero-order chi connectivity index (χ0) is 20.9. The summed E-state index contributed by atoms with van der Waals surface area (Å²) in [6, 6.07) is 19.2. The molecule has 1 N–H and O–H groups in total. The molecule has 0 fully saturated rings. The van der Waals surface area contributed by atoms with Gasteiger partial charge in [-0.1, -0.05) is 48.2 Å². The number of rotatable bonds is 7. The maximum atomic E-state index is 13.2. The molecule has 4 rings (SSSR count). The largest absolute Gasteiger partial charge is 0.325 e. The molecule has 2 heterocycles. The Bertz CT molecular complexity index is 1110. The van der Waals surface area contributed by atoms with Crippen LogP contribution in [0.2, 0.25) is 0 Å². The third kappa shape index (κ3) is 4.44. The van der Waals surface area contributed by atoms with Gasteiger partial charge in [-0.05, 0) is 48.2 Å². The van der Waals surface area contributed by atoms with Crippen LogP contribution in [0.5, 0.6) is 0 Å². The number of carbonyl (C=O) groups is 1. The Kier molecular flexibility index (Phi) is 6.25. The molecule has 0 unspecified atom stereocenters. The van der Waals surface area contributed by atoms with Gasteiger partial charge in [-0.2, -0.15) is 0 Å². The number of amides is 1. The van der Waals surface area contributed by atoms with Crippen LogP contribution in [-0.2, 0) is 11.3 Å². The Morgan fingerprint density at radius 2 is 1.87 bits per heavy atom. The fourth-order valence-corrected chi connectivity index (χ4v) is 4.81. The van der Waals surface area contributed by atoms with Crippen molar-refractivity contribution in [1.82, 2.24) is 14.8 Å². The molecule has 1 amide bonds. The summed E-state index contributed by atoms with van der Waals surface area (Å²) in [5.41, 5.74) is 1.39. The molecule has 0 aliphatic heterocycles. The molecule has 5 nitrogen and oxygen atoms in total. The van der Waals surface area contributed by atoms with Crippen molar-refractivity contribution in [3.05, 3.63) is 83.5 Å². The second-order valence-corrected chi connectivity index (χ2v) is 8.45. The van der Waals surface area contributed by atoms with Gasteiger partial charge in [-0.3, -0.25) is 4.79 Å². The summed E-state index contributed by atoms with van der Waals surface area (Å²) in [7, 11) is 0. The quantitative estimate of drug-likeness (QED) is 0.380. The van der Waals surface area contributed by atoms with Gasteiger partial charge in [-0.25, -0.2) is 4.39 Å². The van der Waals surface area contributed by atoms with E-state index in [2.05, 4.69) is 15.5 Å². The fraction of sp³-hybridized carbons (Fsp3) is 0.136. The highest BCUT2D eigenvalue weighted by atomic mass is 32.2. The molecule has 0 aliphatic rings. The summed E-state index contributed by atoms with van der Waals surface area (Å²) in [6.45, 7) is 2.71. The Balaban J connectivity index is 1.64. The van der Waals surface area contributed by atoms with Gasteiger partial charge in [0.15, 0.2) is 11.0 Å². The molecule has 8 heteroatoms. The summed E-state index contributed by atoms with van der Waals surface area (Å²) in [5, 5.41) is 13.7. The maximum absolute atomic E-state index is 13.2. The standard InChI is InChI=1S/C22H19FN4OS2/c1-2-27-20(18-9-6-14-29-18)25-26-22(27)30-19(15-7-4-3-5-8-15)21(28)24-17-12-10-16(23)11-13-17/h3-14,19H,2H2,1H3,(H,24,28)/t19-/m0/s1. The zero-order valence-electron chi connectivity index (χ0n) is 16.2. The van der Waals surface area contributed by atoms with E-state index in [0.717, 1.165) is 16.3 Å². The van der Waals surface area contributed by atoms with Gasteiger partial charge < -0.3 is 9.88 Å². The van der Waals surface area contributed by atoms with E-state index < -0.39 is 5.25 Å². The van der Waals surface area contributed by atoms with Crippen molar-refractivity contribution in [3.63, 3.8) is 0 Å². The van der Waals surface area contributed by atoms with Crippen molar-refractivity contribution in [2.45, 2.75) is 23.9 Å². The van der Waals surface area contributed by atoms with E-state index in [0.29, 0.717) is 17.4 Å². The van der Waals surface area contributed by atoms with Gasteiger partial charge in [0.25, 0.3) is 0 Å². The first-order chi connectivity index (χ1) is 14.7. The van der Waals surface area contributed by atoms with Crippen LogP contribution in [0.1, 0.15) is 17.7 Å². The van der Waals surface area contributed by atoms with Crippen LogP contribution in [0.3, 0.4) is 0 Å². The Morgan fingerprint density at radius 1 is 1.10 bits per heavy atom. The SMILES string of the molecule is CCn1c(S[C@H](C(=O)Nc2ccc(F)cc2)c2ccccc2)nnc1-c1cccs1. The van der Waals surface area contributed by atoms with E-state index in [1.807, 2.05) is 59.3 Å². The summed E-state index contributed by atoms with van der Waals surface area (Å²) < 4.78 is 15.2. The molecule has 0 radical (unpaired) electrons. The molecule has 152 valence electrons. The Labute approximate surface area is 182 Å². The lowest BCUT2D eigenvalue weighted by molar-refractivity contribution is -0.115. The van der Waals surface area contributed by atoms with Gasteiger partial charge in [0.2, 0.25) is 5.91 Å². The maximum Gasteiger partial charge on any atom is 0.242 e. The average molecular weight is 439 g/mol. The van der Waals surface area contributed by atoms with Crippen LogP contribution < -0.4 is 5.32 Å². The molecule has 30 heavy (non-hydrogen) atoms. The van der Waals surface area contributed by atoms with E-state index in [1.54, 1.807) is 23.5 Å². The molecule has 1 atom stereocenters. The third-order valence-corrected chi connectivity index (χ3v) is 6.55. The molecule has 4 aromatic rings. The summed E-state index contributed by atoms with van der Waals surface area (Å²) in [4.78, 5) is 14.2. The van der Waals surface area contributed by atoms with Crippen molar-refractivity contribution in [2.24, 2.45) is 0 Å². The predicted molar refractivity (Wildman–Crippen MR) is 119 cm³/mol. The highest BCUT2D eigenvalue weighted by Crippen LogP contribution is 2.37. The second kappa shape index (κ2) is 9.23. The first-order valence-electron chi connectivity index (χ1n) is 9.41. The van der Waals surface area contributed by atoms with E-state index in [9.17, 15) is 9.18 Å². The van der Waals surface area contributed by atoms with Crippen LogP contribution in [-0.4, -0.2) is 20.7 Å². The van der Waals surface area contributed by atoms with Crippen molar-refractivity contribution in [2.75, 3.05) is 5.32 Å². The minimum absolute atomic E-state index is 0.207. The van der Waals surface area contributed by atoms with Gasteiger partial charge in [0, 0.05) is 12.2 Å². The third-order valence-electron chi connectivity index (χ3n) is 4.45. The van der Waals surface area contributed by atoms with Crippen LogP contribution in [0, 0.1) is 5.82 Å². The number of carbonyl (C=O) groups excluding carboxylic acids is 1. The molecule has 0 bridgehead atoms. The lowest BCUT2D eigenvalue weighted by Crippen LogP contribution is -2.19. The van der Waals surface area contributed by atoms with Gasteiger partial charge in [0.05, 0.1) is 4.88 Å². The van der Waals surface area contributed by atoms with E-state index >= 15 is 0 Å². The molecule has 0 spiro atoms. The van der Waals surface area contributed by atoms with E-state index in [4.69, 9.17) is 0 Å². The number of halogens is 1. The summed E-state index contributed by atoms with van der Waals surface area (Å²) >= 11 is 2.95. The van der Waals surface area contributed by atoms with Crippen LogP contribution in [0.4, 0.5) is 10.1 Å². The molecule has 0 aliphatic carbocycles. The number of aromatic nitrogens is 3. The summed E-state index contributed by atoms with van der Waals surface area (Å²) in [6.07, 6.45) is 0. The average Bonchev–Trinajstić information content (AvgIpc) is 3.43. The van der Waals surface area contributed by atoms with Crippen LogP contribution >= 0.6 is 23.1 Å². The highest BCUT2D eigenvalue weighted by Gasteiger charge is 2.26. The lowest BCUT2D eigenvalue weighted by atomic mass is 10.1. The van der Waals surface area contributed by atoms with Crippen molar-refractivity contribution < 1.29 is 9.18 Å². The molecule has 0 saturated heterocycles. The van der Waals surface area contributed by atoms with E-state index in [-0.39, 0.29) is 11.7 Å². The minimum Gasteiger partial charge on any atom is -0.325 e. The molecular weight excluding hydrogens is 419 g/mol. The number of nitrogens with one attached hydrogen (secondary N) is 1. The minimum atomic E-state index is -0.540. The first kappa shape index (κ1) is 20.3. The van der Waals surface area contributed by atoms with Gasteiger partial charge >= 0.3 is 0 Å². The topological polar surface area (TPSA) is 59.8 Å². The van der Waals surface area contributed by atoms with Crippen LogP contribution in [0.15, 0.2) is 77.3 Å². The number of benzene rings is 2. The molecule has 2 aromatic carbocycles. The van der Waals surface area contributed by atoms with E-state index in [1.165, 1.54) is 23.9 Å². The van der Waals surface area contributed by atoms with Gasteiger partial charge in [0.1, 0.15) is 11.1 Å². The number of hydrogen-bond acceptors (Lipinski definition) is 5. The second-order valence-electron chi connectivity index (χ2n) is 6.43. The number of anilines is 1. The monoisotopic (exact) mass is 438 g/mol. The van der Waals surface area contributed by atoms with Crippen LogP contribution in [0.25, 0.3) is 10.7 Å². The predicted octanol–water partition coefficient (Wildman–Crippen LogP) is 5.64. The smallest absolute Gasteiger partial charge is 0.242 e. The number of thioether (sulfide) groups is 1. The van der Waals surface area contributed by atoms with Gasteiger partial charge in [-0.15, -0.1) is 21.5 Å². The summed E-state index contributed by atoms with van der Waals surface area (Å²) in [5.74, 6) is 0.237. The number of hydrogen-bond donors (Lipinski definition) is 1. The molecular formula is C22H19FN4OS2. The molecule has 0 saturated carbocycles. The lowest BCUT2D eigenvalue weighted by Gasteiger charge is -2.17. The van der Waals surface area contributed by atoms with Crippen molar-refractivity contribution in [1.29, 1.82) is 0 Å². The van der Waals surface area contributed by atoms with Crippen molar-refractivity contribution >= 4 is 34.7 Å². The fourth-order valence-electron chi connectivity index (χ4n) is 3.00. The number of thiophene rings is 1. The highest BCUT2D eigenvalue weighted by molar-refractivity contribution is 8.00. The Hall–Kier alpha value is -2.97. The Morgan fingerprint density at radius 3 is 2.53 bits per heavy atom. The number of nitrogens with zero attached hydrogens (tertiary/aromatic N) is 3. The molecule has 2 aromatic heterocycles. The zero-order valence-corrected chi connectivity index (χ0v) is 17.8. The first-order valence-corrected chi connectivity index (χ1v) is 11.2. The normalized spacial score (nSPS) is 11.9. The van der Waals surface area contributed by atoms with Crippen molar-refractivity contribution in [3.8, 4) is 10.7 Å².